The number of nitrogens with zero attached hydrogens (tertiary/aromatic N) is 1. The lowest BCUT2D eigenvalue weighted by molar-refractivity contribution is -0.123. The van der Waals surface area contributed by atoms with Crippen LogP contribution in [0.2, 0.25) is 0 Å². The maximum Gasteiger partial charge on any atom is 0.293 e. The van der Waals surface area contributed by atoms with Crippen molar-refractivity contribution < 1.29 is 14.3 Å². The van der Waals surface area contributed by atoms with Crippen LogP contribution in [0.1, 0.15) is 22.3 Å². The van der Waals surface area contributed by atoms with E-state index in [1.807, 2.05) is 85.8 Å². The van der Waals surface area contributed by atoms with Crippen molar-refractivity contribution in [2.75, 3.05) is 0 Å². The van der Waals surface area contributed by atoms with Crippen molar-refractivity contribution >= 4 is 29.0 Å². The van der Waals surface area contributed by atoms with E-state index in [0.717, 1.165) is 34.0 Å². The van der Waals surface area contributed by atoms with Gasteiger partial charge in [0.1, 0.15) is 12.4 Å². The smallest absolute Gasteiger partial charge is 0.293 e. The fourth-order valence-corrected chi connectivity index (χ4v) is 3.94. The molecule has 1 fully saturated rings. The van der Waals surface area contributed by atoms with Crippen molar-refractivity contribution in [2.24, 2.45) is 0 Å². The van der Waals surface area contributed by atoms with Crippen LogP contribution in [0.4, 0.5) is 4.79 Å². The van der Waals surface area contributed by atoms with E-state index in [0.29, 0.717) is 17.3 Å². The minimum Gasteiger partial charge on any atom is -0.489 e. The summed E-state index contributed by atoms with van der Waals surface area (Å²) in [5.74, 6) is 0.452. The molecule has 3 aromatic rings. The molecule has 0 aliphatic carbocycles. The molecule has 1 saturated heterocycles. The van der Waals surface area contributed by atoms with Gasteiger partial charge in [-0.05, 0) is 53.6 Å². The van der Waals surface area contributed by atoms with Gasteiger partial charge in [-0.3, -0.25) is 14.5 Å². The number of benzene rings is 3. The highest BCUT2D eigenvalue weighted by Gasteiger charge is 2.34. The van der Waals surface area contributed by atoms with E-state index < -0.39 is 0 Å². The number of carbonyl (C=O) groups excluding carboxylic acids is 2. The molecule has 2 amide bonds. The number of imide groups is 1. The molecule has 1 heterocycles. The number of ether oxygens (including phenoxy) is 1. The van der Waals surface area contributed by atoms with Gasteiger partial charge >= 0.3 is 0 Å². The van der Waals surface area contributed by atoms with Gasteiger partial charge in [-0.25, -0.2) is 0 Å². The first-order valence-corrected chi connectivity index (χ1v) is 10.5. The molecular weight excluding hydrogens is 394 g/mol. The first-order valence-electron chi connectivity index (χ1n) is 9.66. The van der Waals surface area contributed by atoms with Gasteiger partial charge in [0.25, 0.3) is 11.1 Å². The van der Waals surface area contributed by atoms with Gasteiger partial charge in [0, 0.05) is 0 Å². The molecule has 4 rings (SSSR count). The van der Waals surface area contributed by atoms with Gasteiger partial charge in [-0.2, -0.15) is 0 Å². The normalized spacial score (nSPS) is 15.1. The van der Waals surface area contributed by atoms with Crippen LogP contribution >= 0.6 is 11.8 Å². The molecule has 1 aliphatic rings. The summed E-state index contributed by atoms with van der Waals surface area (Å²) in [6.07, 6.45) is 1.75. The van der Waals surface area contributed by atoms with Crippen molar-refractivity contribution in [3.63, 3.8) is 0 Å². The monoisotopic (exact) mass is 415 g/mol. The Morgan fingerprint density at radius 1 is 0.900 bits per heavy atom. The summed E-state index contributed by atoms with van der Waals surface area (Å²) >= 11 is 0.973. The van der Waals surface area contributed by atoms with Gasteiger partial charge < -0.3 is 4.74 Å². The number of hydrogen-bond acceptors (Lipinski definition) is 4. The third kappa shape index (κ3) is 4.81. The minimum absolute atomic E-state index is 0.247. The highest BCUT2D eigenvalue weighted by Crippen LogP contribution is 2.33. The molecule has 1 aliphatic heterocycles. The van der Waals surface area contributed by atoms with Crippen LogP contribution in [0, 0.1) is 6.92 Å². The molecule has 0 N–H and O–H groups in total. The van der Waals surface area contributed by atoms with Crippen LogP contribution in [0.25, 0.3) is 6.08 Å². The van der Waals surface area contributed by atoms with Gasteiger partial charge in [0.15, 0.2) is 0 Å². The lowest BCUT2D eigenvalue weighted by Crippen LogP contribution is -2.27. The lowest BCUT2D eigenvalue weighted by Gasteiger charge is -2.12. The van der Waals surface area contributed by atoms with E-state index in [1.165, 1.54) is 4.90 Å². The molecule has 3 aromatic carbocycles. The molecule has 30 heavy (non-hydrogen) atoms. The van der Waals surface area contributed by atoms with Crippen molar-refractivity contribution in [1.82, 2.24) is 4.90 Å². The number of amides is 2. The van der Waals surface area contributed by atoms with Crippen LogP contribution in [-0.2, 0) is 17.9 Å². The summed E-state index contributed by atoms with van der Waals surface area (Å²) in [5, 5.41) is -0.247. The fraction of sp³-hybridized carbons (Fsp3) is 0.120. The number of aryl methyl sites for hydroxylation is 1. The van der Waals surface area contributed by atoms with Gasteiger partial charge in [0.05, 0.1) is 11.4 Å². The largest absolute Gasteiger partial charge is 0.489 e. The zero-order valence-corrected chi connectivity index (χ0v) is 17.4. The highest BCUT2D eigenvalue weighted by atomic mass is 32.2. The highest BCUT2D eigenvalue weighted by molar-refractivity contribution is 8.18. The summed E-state index contributed by atoms with van der Waals surface area (Å²) in [5.41, 5.74) is 3.98. The second-order valence-corrected chi connectivity index (χ2v) is 8.09. The van der Waals surface area contributed by atoms with E-state index in [2.05, 4.69) is 0 Å². The summed E-state index contributed by atoms with van der Waals surface area (Å²) in [6, 6.07) is 25.3. The topological polar surface area (TPSA) is 46.6 Å². The summed E-state index contributed by atoms with van der Waals surface area (Å²) in [4.78, 5) is 26.9. The van der Waals surface area contributed by atoms with Crippen molar-refractivity contribution in [1.29, 1.82) is 0 Å². The number of rotatable bonds is 6. The van der Waals surface area contributed by atoms with Crippen LogP contribution in [0.5, 0.6) is 5.75 Å². The van der Waals surface area contributed by atoms with Gasteiger partial charge in [0.2, 0.25) is 0 Å². The summed E-state index contributed by atoms with van der Waals surface area (Å²) < 4.78 is 5.86. The van der Waals surface area contributed by atoms with Crippen LogP contribution in [-0.4, -0.2) is 16.0 Å². The fourth-order valence-electron chi connectivity index (χ4n) is 3.10. The van der Waals surface area contributed by atoms with Crippen molar-refractivity contribution in [2.45, 2.75) is 20.1 Å². The number of thioether (sulfide) groups is 1. The second kappa shape index (κ2) is 9.01. The molecule has 0 atom stereocenters. The summed E-state index contributed by atoms with van der Waals surface area (Å²) in [7, 11) is 0. The second-order valence-electron chi connectivity index (χ2n) is 7.10. The molecule has 5 heteroatoms. The van der Waals surface area contributed by atoms with Gasteiger partial charge in [-0.15, -0.1) is 0 Å². The van der Waals surface area contributed by atoms with Crippen LogP contribution in [0.15, 0.2) is 83.8 Å². The number of hydrogen-bond donors (Lipinski definition) is 0. The first kappa shape index (κ1) is 20.0. The Hall–Kier alpha value is -3.31. The molecular formula is C25H21NO3S. The Morgan fingerprint density at radius 3 is 2.43 bits per heavy atom. The maximum atomic E-state index is 12.8. The van der Waals surface area contributed by atoms with E-state index in [-0.39, 0.29) is 17.7 Å². The van der Waals surface area contributed by atoms with E-state index in [4.69, 9.17) is 4.74 Å². The molecule has 0 unspecified atom stereocenters. The molecule has 0 spiro atoms. The third-order valence-corrected chi connectivity index (χ3v) is 5.65. The Morgan fingerprint density at radius 2 is 1.67 bits per heavy atom. The van der Waals surface area contributed by atoms with Crippen LogP contribution in [0.3, 0.4) is 0 Å². The Balaban J connectivity index is 1.46. The Bertz CT molecular complexity index is 1090. The van der Waals surface area contributed by atoms with Crippen LogP contribution < -0.4 is 4.74 Å². The number of carbonyl (C=O) groups is 2. The predicted octanol–water partition coefficient (Wildman–Crippen LogP) is 5.81. The molecule has 0 saturated carbocycles. The third-order valence-electron chi connectivity index (χ3n) is 4.74. The maximum absolute atomic E-state index is 12.8. The Labute approximate surface area is 180 Å². The van der Waals surface area contributed by atoms with Crippen molar-refractivity contribution in [3.8, 4) is 5.75 Å². The molecule has 0 aromatic heterocycles. The first-order chi connectivity index (χ1) is 14.6. The standard InChI is InChI=1S/C25H21NO3S/c1-18-10-12-19(13-11-18)16-26-24(27)23(30-25(26)28)15-21-8-5-9-22(14-21)29-17-20-6-3-2-4-7-20/h2-15H,16-17H2,1H3/b23-15+. The average molecular weight is 416 g/mol. The predicted molar refractivity (Wildman–Crippen MR) is 120 cm³/mol. The van der Waals surface area contributed by atoms with E-state index in [1.54, 1.807) is 6.08 Å². The SMILES string of the molecule is Cc1ccc(CN2C(=O)S/C(=C/c3cccc(OCc4ccccc4)c3)C2=O)cc1. The van der Waals surface area contributed by atoms with Crippen molar-refractivity contribution in [3.05, 3.63) is 106 Å². The minimum atomic E-state index is -0.263. The molecule has 0 bridgehead atoms. The Kier molecular flexibility index (Phi) is 6.00. The molecule has 4 nitrogen and oxygen atoms in total. The average Bonchev–Trinajstić information content (AvgIpc) is 3.02. The lowest BCUT2D eigenvalue weighted by atomic mass is 10.1. The molecule has 0 radical (unpaired) electrons. The van der Waals surface area contributed by atoms with E-state index >= 15 is 0 Å². The summed E-state index contributed by atoms with van der Waals surface area (Å²) in [6.45, 7) is 2.75. The van der Waals surface area contributed by atoms with Gasteiger partial charge in [-0.1, -0.05) is 72.3 Å². The zero-order valence-electron chi connectivity index (χ0n) is 16.6. The zero-order chi connectivity index (χ0) is 20.9. The quantitative estimate of drug-likeness (QED) is 0.477. The molecule has 150 valence electrons. The van der Waals surface area contributed by atoms with E-state index in [9.17, 15) is 9.59 Å².